The lowest BCUT2D eigenvalue weighted by molar-refractivity contribution is -0.308. The van der Waals surface area contributed by atoms with Crippen molar-refractivity contribution in [2.24, 2.45) is 0 Å². The molecule has 5 rings (SSSR count). The maximum atomic E-state index is 12.6. The van der Waals surface area contributed by atoms with Crippen LogP contribution in [0, 0.1) is 0 Å². The summed E-state index contributed by atoms with van der Waals surface area (Å²) in [7, 11) is 0. The van der Waals surface area contributed by atoms with Gasteiger partial charge in [0.2, 0.25) is 0 Å². The summed E-state index contributed by atoms with van der Waals surface area (Å²) in [6.45, 7) is 20.4. The summed E-state index contributed by atoms with van der Waals surface area (Å²) >= 11 is 0. The average Bonchev–Trinajstić information content (AvgIpc) is 3.49. The fraction of sp³-hybridized carbons (Fsp3) is 0.200. The van der Waals surface area contributed by atoms with Crippen molar-refractivity contribution in [1.29, 1.82) is 0 Å². The smallest absolute Gasteiger partial charge is 0.420 e. The maximum Gasteiger partial charge on any atom is 0.421 e. The van der Waals surface area contributed by atoms with E-state index in [1.54, 1.807) is 38.1 Å². The zero-order valence-electron chi connectivity index (χ0n) is 31.2. The van der Waals surface area contributed by atoms with Gasteiger partial charge in [-0.3, -0.25) is 0 Å². The van der Waals surface area contributed by atoms with Crippen LogP contribution in [0.2, 0.25) is 0 Å². The number of hydrogen-bond acceptors (Lipinski definition) is 10. The van der Waals surface area contributed by atoms with E-state index in [-0.39, 0.29) is 35.5 Å². The predicted molar refractivity (Wildman–Crippen MR) is 205 cm³/mol. The molecule has 55 heavy (non-hydrogen) atoms. The Morgan fingerprint density at radius 2 is 0.909 bits per heavy atom. The highest BCUT2D eigenvalue weighted by atomic mass is 16.9. The van der Waals surface area contributed by atoms with Gasteiger partial charge in [0, 0.05) is 23.3 Å². The van der Waals surface area contributed by atoms with Crippen molar-refractivity contribution in [2.75, 3.05) is 0 Å². The summed E-state index contributed by atoms with van der Waals surface area (Å²) in [5, 5.41) is 0. The molecule has 0 aliphatic heterocycles. The van der Waals surface area contributed by atoms with Crippen LogP contribution in [0.3, 0.4) is 0 Å². The van der Waals surface area contributed by atoms with Gasteiger partial charge in [0.05, 0.1) is 18.3 Å². The molecule has 1 aliphatic rings. The number of ether oxygens (including phenoxy) is 6. The standard InChI is InChI=1S/C45H42O10/c1-9-39(46)52-43(11-3,54-41(48)29(5)6)50-33-25-21-31(22-26-33)45(37-19-15-13-17-35(37)36-18-14-16-20-38(36)45)32-23-27-34(28-24-32)51-44(12-4,53-40(47)10-2)55-42(49)30(7)8/h9-10,13-28H,1-2,5,7,11-12H2,3-4,6,8H3. The highest BCUT2D eigenvalue weighted by Gasteiger charge is 2.47. The van der Waals surface area contributed by atoms with Crippen molar-refractivity contribution >= 4 is 23.9 Å². The summed E-state index contributed by atoms with van der Waals surface area (Å²) in [6.07, 6.45) is 1.83. The number of fused-ring (bicyclic) bond motifs is 3. The molecule has 4 aromatic rings. The van der Waals surface area contributed by atoms with E-state index < -0.39 is 41.2 Å². The van der Waals surface area contributed by atoms with Crippen LogP contribution in [-0.2, 0) is 43.5 Å². The second-order valence-corrected chi connectivity index (χ2v) is 12.8. The summed E-state index contributed by atoms with van der Waals surface area (Å²) in [6, 6.07) is 30.6. The number of rotatable bonds is 16. The Morgan fingerprint density at radius 1 is 0.564 bits per heavy atom. The van der Waals surface area contributed by atoms with Gasteiger partial charge < -0.3 is 28.4 Å². The highest BCUT2D eigenvalue weighted by Crippen LogP contribution is 2.56. The molecule has 0 saturated heterocycles. The third-order valence-corrected chi connectivity index (χ3v) is 8.98. The van der Waals surface area contributed by atoms with Crippen molar-refractivity contribution in [3.8, 4) is 22.6 Å². The largest absolute Gasteiger partial charge is 0.421 e. The lowest BCUT2D eigenvalue weighted by Gasteiger charge is -2.35. The molecule has 0 bridgehead atoms. The minimum Gasteiger partial charge on any atom is -0.420 e. The number of carbonyl (C=O) groups is 4. The van der Waals surface area contributed by atoms with Gasteiger partial charge in [-0.25, -0.2) is 19.2 Å². The van der Waals surface area contributed by atoms with E-state index in [0.717, 1.165) is 45.5 Å². The Kier molecular flexibility index (Phi) is 11.6. The molecule has 0 radical (unpaired) electrons. The van der Waals surface area contributed by atoms with E-state index in [2.05, 4.69) is 50.6 Å². The zero-order chi connectivity index (χ0) is 40.0. The van der Waals surface area contributed by atoms with Crippen molar-refractivity contribution in [1.82, 2.24) is 0 Å². The molecule has 0 N–H and O–H groups in total. The van der Waals surface area contributed by atoms with E-state index in [4.69, 9.17) is 28.4 Å². The van der Waals surface area contributed by atoms with E-state index in [1.807, 2.05) is 48.5 Å². The molecule has 0 spiro atoms. The molecule has 10 heteroatoms. The predicted octanol–water partition coefficient (Wildman–Crippen LogP) is 8.63. The molecule has 282 valence electrons. The van der Waals surface area contributed by atoms with Gasteiger partial charge in [0.1, 0.15) is 11.5 Å². The van der Waals surface area contributed by atoms with Crippen LogP contribution in [-0.4, -0.2) is 35.8 Å². The molecule has 0 saturated carbocycles. The van der Waals surface area contributed by atoms with Gasteiger partial charge in [-0.15, -0.1) is 0 Å². The molecule has 0 fully saturated rings. The topological polar surface area (TPSA) is 124 Å². The summed E-state index contributed by atoms with van der Waals surface area (Å²) in [5.41, 5.74) is 5.13. The first-order valence-corrected chi connectivity index (χ1v) is 17.5. The molecule has 10 nitrogen and oxygen atoms in total. The van der Waals surface area contributed by atoms with Crippen LogP contribution in [0.15, 0.2) is 147 Å². The zero-order valence-corrected chi connectivity index (χ0v) is 31.2. The van der Waals surface area contributed by atoms with E-state index in [9.17, 15) is 19.2 Å². The highest BCUT2D eigenvalue weighted by molar-refractivity contribution is 5.89. The van der Waals surface area contributed by atoms with Gasteiger partial charge in [-0.2, -0.15) is 0 Å². The Morgan fingerprint density at radius 3 is 1.22 bits per heavy atom. The molecule has 2 unspecified atom stereocenters. The van der Waals surface area contributed by atoms with Gasteiger partial charge in [0.25, 0.3) is 0 Å². The molecule has 0 aromatic heterocycles. The molecule has 2 atom stereocenters. The lowest BCUT2D eigenvalue weighted by atomic mass is 9.68. The van der Waals surface area contributed by atoms with E-state index >= 15 is 0 Å². The molecule has 4 aromatic carbocycles. The summed E-state index contributed by atoms with van der Waals surface area (Å²) in [5.74, 6) is -6.96. The van der Waals surface area contributed by atoms with Gasteiger partial charge in [-0.1, -0.05) is 113 Å². The van der Waals surface area contributed by atoms with Crippen molar-refractivity contribution in [3.63, 3.8) is 0 Å². The first kappa shape index (κ1) is 39.5. The Balaban J connectivity index is 1.62. The first-order valence-electron chi connectivity index (χ1n) is 17.5. The Hall–Kier alpha value is -6.68. The van der Waals surface area contributed by atoms with Crippen molar-refractivity contribution in [3.05, 3.63) is 169 Å². The Labute approximate surface area is 320 Å². The fourth-order valence-corrected chi connectivity index (χ4v) is 6.33. The van der Waals surface area contributed by atoms with Gasteiger partial charge in [-0.05, 0) is 71.5 Å². The molecule has 1 aliphatic carbocycles. The minimum absolute atomic E-state index is 0.0367. The van der Waals surface area contributed by atoms with Crippen LogP contribution in [0.5, 0.6) is 11.5 Å². The van der Waals surface area contributed by atoms with Crippen molar-refractivity contribution in [2.45, 2.75) is 57.9 Å². The first-order chi connectivity index (χ1) is 26.3. The SMILES string of the molecule is C=CC(=O)OC(CC)(OC(=O)C(=C)C)Oc1ccc(C2(c3ccc(OC(CC)(OC(=O)C=C)OC(=O)C(=C)C)cc3)c3ccccc3-c3ccccc32)cc1. The number of hydrogen-bond donors (Lipinski definition) is 0. The van der Waals surface area contributed by atoms with Gasteiger partial charge in [0.15, 0.2) is 0 Å². The minimum atomic E-state index is -2.09. The van der Waals surface area contributed by atoms with Gasteiger partial charge >= 0.3 is 35.8 Å². The maximum absolute atomic E-state index is 12.6. The average molecular weight is 743 g/mol. The quantitative estimate of drug-likeness (QED) is 0.0551. The Bertz CT molecular complexity index is 2010. The second-order valence-electron chi connectivity index (χ2n) is 12.8. The van der Waals surface area contributed by atoms with Crippen LogP contribution in [0.25, 0.3) is 11.1 Å². The summed E-state index contributed by atoms with van der Waals surface area (Å²) < 4.78 is 34.2. The number of carbonyl (C=O) groups excluding carboxylic acids is 4. The number of benzene rings is 4. The third kappa shape index (κ3) is 7.84. The fourth-order valence-electron chi connectivity index (χ4n) is 6.33. The van der Waals surface area contributed by atoms with Crippen LogP contribution >= 0.6 is 0 Å². The monoisotopic (exact) mass is 742 g/mol. The van der Waals surface area contributed by atoms with Crippen molar-refractivity contribution < 1.29 is 47.6 Å². The third-order valence-electron chi connectivity index (χ3n) is 8.98. The van der Waals surface area contributed by atoms with Crippen LogP contribution < -0.4 is 9.47 Å². The second kappa shape index (κ2) is 16.1. The molecule has 0 amide bonds. The lowest BCUT2D eigenvalue weighted by Crippen LogP contribution is -2.45. The normalized spacial score (nSPS) is 14.3. The van der Waals surface area contributed by atoms with Crippen LogP contribution in [0.4, 0.5) is 0 Å². The van der Waals surface area contributed by atoms with E-state index in [1.165, 1.54) is 13.8 Å². The van der Waals surface area contributed by atoms with Crippen LogP contribution in [0.1, 0.15) is 62.8 Å². The van der Waals surface area contributed by atoms with E-state index in [0.29, 0.717) is 0 Å². The molecule has 0 heterocycles. The number of esters is 4. The molecular formula is C45H42O10. The summed E-state index contributed by atoms with van der Waals surface area (Å²) in [4.78, 5) is 49.9. The molecular weight excluding hydrogens is 700 g/mol.